The Morgan fingerprint density at radius 1 is 1.33 bits per heavy atom. The second-order valence-corrected chi connectivity index (χ2v) is 4.53. The maximum atomic E-state index is 11.7. The van der Waals surface area contributed by atoms with Crippen LogP contribution in [-0.2, 0) is 19.1 Å². The van der Waals surface area contributed by atoms with Gasteiger partial charge in [0.15, 0.2) is 5.60 Å². The molecule has 0 saturated carbocycles. The third kappa shape index (κ3) is 6.09. The van der Waals surface area contributed by atoms with Gasteiger partial charge in [-0.3, -0.25) is 14.6 Å². The molecule has 5 heteroatoms. The van der Waals surface area contributed by atoms with E-state index in [1.807, 2.05) is 13.0 Å². The molecule has 0 spiro atoms. The minimum absolute atomic E-state index is 0.234. The fraction of sp³-hybridized carbons (Fsp3) is 0.438. The van der Waals surface area contributed by atoms with E-state index in [9.17, 15) is 9.59 Å². The average Bonchev–Trinajstić information content (AvgIpc) is 2.46. The molecule has 0 bridgehead atoms. The van der Waals surface area contributed by atoms with Crippen molar-refractivity contribution in [2.45, 2.75) is 39.2 Å². The van der Waals surface area contributed by atoms with E-state index in [0.717, 1.165) is 5.56 Å². The Morgan fingerprint density at radius 3 is 2.67 bits per heavy atom. The lowest BCUT2D eigenvalue weighted by Gasteiger charge is -2.22. The summed E-state index contributed by atoms with van der Waals surface area (Å²) in [5.41, 5.74) is -0.210. The van der Waals surface area contributed by atoms with Crippen LogP contribution in [-0.4, -0.2) is 29.1 Å². The summed E-state index contributed by atoms with van der Waals surface area (Å²) in [5, 5.41) is 0. The number of aromatic nitrogens is 1. The van der Waals surface area contributed by atoms with E-state index in [0.29, 0.717) is 6.42 Å². The highest BCUT2D eigenvalue weighted by Gasteiger charge is 2.25. The number of hydrogen-bond acceptors (Lipinski definition) is 5. The zero-order valence-corrected chi connectivity index (χ0v) is 12.5. The van der Waals surface area contributed by atoms with Crippen molar-refractivity contribution < 1.29 is 19.1 Å². The number of hydrogen-bond donors (Lipinski definition) is 0. The average molecular weight is 289 g/mol. The van der Waals surface area contributed by atoms with Gasteiger partial charge >= 0.3 is 11.9 Å². The Balaban J connectivity index is 2.70. The lowest BCUT2D eigenvalue weighted by Crippen LogP contribution is -2.30. The van der Waals surface area contributed by atoms with E-state index >= 15 is 0 Å². The predicted molar refractivity (Wildman–Crippen MR) is 77.2 cm³/mol. The molecule has 0 N–H and O–H groups in total. The van der Waals surface area contributed by atoms with E-state index in [1.54, 1.807) is 32.3 Å². The summed E-state index contributed by atoms with van der Waals surface area (Å²) in [4.78, 5) is 26.9. The van der Waals surface area contributed by atoms with Gasteiger partial charge < -0.3 is 9.47 Å². The minimum Gasteiger partial charge on any atom is -0.466 e. The second kappa shape index (κ2) is 8.05. The molecule has 1 heterocycles. The first-order chi connectivity index (χ1) is 9.99. The van der Waals surface area contributed by atoms with Crippen LogP contribution in [0.5, 0.6) is 0 Å². The molecule has 0 radical (unpaired) electrons. The van der Waals surface area contributed by atoms with Gasteiger partial charge in [0.25, 0.3) is 0 Å². The molecule has 0 amide bonds. The molecule has 21 heavy (non-hydrogen) atoms. The fourth-order valence-corrected chi connectivity index (χ4v) is 1.44. The molecule has 112 valence electrons. The van der Waals surface area contributed by atoms with Crippen LogP contribution in [0, 0.1) is 11.8 Å². The summed E-state index contributed by atoms with van der Waals surface area (Å²) >= 11 is 0. The summed E-state index contributed by atoms with van der Waals surface area (Å²) in [7, 11) is 0. The molecular weight excluding hydrogens is 270 g/mol. The van der Waals surface area contributed by atoms with Crippen LogP contribution in [0.1, 0.15) is 39.2 Å². The first kappa shape index (κ1) is 16.7. The highest BCUT2D eigenvalue weighted by atomic mass is 16.6. The van der Waals surface area contributed by atoms with Crippen molar-refractivity contribution in [3.05, 3.63) is 30.1 Å². The van der Waals surface area contributed by atoms with Crippen molar-refractivity contribution in [3.63, 3.8) is 0 Å². The van der Waals surface area contributed by atoms with Crippen molar-refractivity contribution >= 4 is 11.9 Å². The molecule has 0 aliphatic heterocycles. The molecule has 0 aliphatic rings. The summed E-state index contributed by atoms with van der Waals surface area (Å²) in [6, 6.07) is 3.59. The smallest absolute Gasteiger partial charge is 0.318 e. The molecule has 1 rings (SSSR count). The standard InChI is InChI=1S/C16H19NO4/c1-4-16(3,9-8-13-7-6-10-17-12-13)21-15(19)11-14(18)20-5-2/h6-7,10,12H,4-5,11H2,1-3H3. The minimum atomic E-state index is -0.945. The van der Waals surface area contributed by atoms with Crippen LogP contribution in [0.3, 0.4) is 0 Å². The van der Waals surface area contributed by atoms with Gasteiger partial charge in [0.2, 0.25) is 0 Å². The topological polar surface area (TPSA) is 65.5 Å². The first-order valence-electron chi connectivity index (χ1n) is 6.79. The van der Waals surface area contributed by atoms with Gasteiger partial charge in [-0.25, -0.2) is 0 Å². The van der Waals surface area contributed by atoms with Gasteiger partial charge in [0.05, 0.1) is 6.61 Å². The predicted octanol–water partition coefficient (Wildman–Crippen LogP) is 2.10. The largest absolute Gasteiger partial charge is 0.466 e. The van der Waals surface area contributed by atoms with Crippen LogP contribution in [0.15, 0.2) is 24.5 Å². The highest BCUT2D eigenvalue weighted by molar-refractivity contribution is 5.91. The van der Waals surface area contributed by atoms with Crippen LogP contribution in [0.4, 0.5) is 0 Å². The monoisotopic (exact) mass is 289 g/mol. The van der Waals surface area contributed by atoms with Crippen molar-refractivity contribution in [3.8, 4) is 11.8 Å². The Kier molecular flexibility index (Phi) is 6.41. The van der Waals surface area contributed by atoms with Crippen molar-refractivity contribution in [1.29, 1.82) is 0 Å². The van der Waals surface area contributed by atoms with Crippen molar-refractivity contribution in [2.24, 2.45) is 0 Å². The van der Waals surface area contributed by atoms with Crippen molar-refractivity contribution in [2.75, 3.05) is 6.61 Å². The highest BCUT2D eigenvalue weighted by Crippen LogP contribution is 2.15. The molecule has 0 aromatic carbocycles. The van der Waals surface area contributed by atoms with Crippen LogP contribution in [0.2, 0.25) is 0 Å². The SMILES string of the molecule is CCOC(=O)CC(=O)OC(C)(C#Cc1cccnc1)CC. The van der Waals surface area contributed by atoms with E-state index in [4.69, 9.17) is 9.47 Å². The van der Waals surface area contributed by atoms with Crippen LogP contribution >= 0.6 is 0 Å². The molecule has 1 atom stereocenters. The third-order valence-electron chi connectivity index (χ3n) is 2.74. The first-order valence-corrected chi connectivity index (χ1v) is 6.79. The van der Waals surface area contributed by atoms with E-state index in [1.165, 1.54) is 0 Å². The Morgan fingerprint density at radius 2 is 2.10 bits per heavy atom. The van der Waals surface area contributed by atoms with E-state index < -0.39 is 24.0 Å². The lowest BCUT2D eigenvalue weighted by atomic mass is 10.0. The lowest BCUT2D eigenvalue weighted by molar-refractivity contribution is -0.160. The van der Waals surface area contributed by atoms with Crippen LogP contribution < -0.4 is 0 Å². The number of rotatable bonds is 5. The van der Waals surface area contributed by atoms with E-state index in [2.05, 4.69) is 16.8 Å². The Bertz CT molecular complexity index is 544. The van der Waals surface area contributed by atoms with Gasteiger partial charge in [-0.15, -0.1) is 0 Å². The molecule has 0 saturated heterocycles. The van der Waals surface area contributed by atoms with E-state index in [-0.39, 0.29) is 6.61 Å². The molecule has 5 nitrogen and oxygen atoms in total. The quantitative estimate of drug-likeness (QED) is 0.472. The Labute approximate surface area is 124 Å². The Hall–Kier alpha value is -2.35. The molecule has 0 aliphatic carbocycles. The van der Waals surface area contributed by atoms with Crippen LogP contribution in [0.25, 0.3) is 0 Å². The van der Waals surface area contributed by atoms with Gasteiger partial charge in [0, 0.05) is 18.0 Å². The van der Waals surface area contributed by atoms with Gasteiger partial charge in [-0.05, 0) is 32.4 Å². The number of pyridine rings is 1. The maximum Gasteiger partial charge on any atom is 0.318 e. The second-order valence-electron chi connectivity index (χ2n) is 4.53. The number of esters is 2. The molecular formula is C16H19NO4. The molecule has 1 aromatic rings. The number of ether oxygens (including phenoxy) is 2. The number of carbonyl (C=O) groups excluding carboxylic acids is 2. The molecule has 1 unspecified atom stereocenters. The third-order valence-corrected chi connectivity index (χ3v) is 2.74. The summed E-state index contributed by atoms with van der Waals surface area (Å²) in [6.07, 6.45) is 3.39. The normalized spacial score (nSPS) is 12.5. The van der Waals surface area contributed by atoms with Crippen molar-refractivity contribution in [1.82, 2.24) is 4.98 Å². The fourth-order valence-electron chi connectivity index (χ4n) is 1.44. The molecule has 0 fully saturated rings. The van der Waals surface area contributed by atoms with Gasteiger partial charge in [-0.1, -0.05) is 18.8 Å². The summed E-state index contributed by atoms with van der Waals surface area (Å²) < 4.78 is 10.00. The zero-order valence-electron chi connectivity index (χ0n) is 12.5. The number of nitrogens with zero attached hydrogens (tertiary/aromatic N) is 1. The van der Waals surface area contributed by atoms with Gasteiger partial charge in [-0.2, -0.15) is 0 Å². The summed E-state index contributed by atoms with van der Waals surface area (Å²) in [5.74, 6) is 4.59. The zero-order chi connectivity index (χ0) is 15.7. The number of carbonyl (C=O) groups is 2. The van der Waals surface area contributed by atoms with Gasteiger partial charge in [0.1, 0.15) is 6.42 Å². The molecule has 1 aromatic heterocycles. The maximum absolute atomic E-state index is 11.7. The summed E-state index contributed by atoms with van der Waals surface area (Å²) in [6.45, 7) is 5.48.